The van der Waals surface area contributed by atoms with Gasteiger partial charge in [-0.1, -0.05) is 0 Å². The van der Waals surface area contributed by atoms with E-state index in [9.17, 15) is 13.2 Å². The van der Waals surface area contributed by atoms with Gasteiger partial charge < -0.3 is 20.9 Å². The van der Waals surface area contributed by atoms with E-state index in [2.05, 4.69) is 10.2 Å². The van der Waals surface area contributed by atoms with Crippen molar-refractivity contribution < 1.29 is 13.2 Å². The Labute approximate surface area is 123 Å². The zero-order valence-electron chi connectivity index (χ0n) is 11.7. The zero-order valence-corrected chi connectivity index (χ0v) is 12.6. The van der Waals surface area contributed by atoms with E-state index in [0.29, 0.717) is 31.9 Å². The maximum atomic E-state index is 11.6. The van der Waals surface area contributed by atoms with E-state index in [1.165, 1.54) is 6.07 Å². The number of nitrogen functional groups attached to an aromatic ring is 1. The minimum atomic E-state index is -3.26. The summed E-state index contributed by atoms with van der Waals surface area (Å²) in [5, 5.41) is 2.83. The number of hydrogen-bond donors (Lipinski definition) is 2. The second-order valence-electron chi connectivity index (χ2n) is 5.47. The van der Waals surface area contributed by atoms with Gasteiger partial charge in [0, 0.05) is 32.4 Å². The molecule has 0 aliphatic carbocycles. The summed E-state index contributed by atoms with van der Waals surface area (Å²) in [4.78, 5) is 15.7. The number of amides is 2. The average molecular weight is 310 g/mol. The van der Waals surface area contributed by atoms with Crippen LogP contribution in [0.5, 0.6) is 0 Å². The standard InChI is InChI=1S/C13H18N4O3S/c1-21(19,20)10-2-3-12(11(14)6-10)16-4-5-17-9(8-16)7-15-13(17)18/h2-3,6,9H,4-5,7-8,14H2,1H3,(H,15,18). The van der Waals surface area contributed by atoms with Gasteiger partial charge in [-0.15, -0.1) is 0 Å². The maximum Gasteiger partial charge on any atom is 0.317 e. The number of anilines is 2. The van der Waals surface area contributed by atoms with Crippen LogP contribution in [0.25, 0.3) is 0 Å². The summed E-state index contributed by atoms with van der Waals surface area (Å²) in [6.45, 7) is 2.66. The normalized spacial score (nSPS) is 22.1. The van der Waals surface area contributed by atoms with E-state index < -0.39 is 9.84 Å². The van der Waals surface area contributed by atoms with Gasteiger partial charge in [0.2, 0.25) is 0 Å². The summed E-state index contributed by atoms with van der Waals surface area (Å²) >= 11 is 0. The Bertz CT molecular complexity index is 689. The zero-order chi connectivity index (χ0) is 15.2. The fourth-order valence-corrected chi connectivity index (χ4v) is 3.53. The van der Waals surface area contributed by atoms with Gasteiger partial charge in [-0.05, 0) is 18.2 Å². The number of urea groups is 1. The second-order valence-corrected chi connectivity index (χ2v) is 7.49. The van der Waals surface area contributed by atoms with Crippen molar-refractivity contribution in [1.29, 1.82) is 0 Å². The molecule has 8 heteroatoms. The molecular formula is C13H18N4O3S. The minimum Gasteiger partial charge on any atom is -0.397 e. The third-order valence-corrected chi connectivity index (χ3v) is 5.11. The summed E-state index contributed by atoms with van der Waals surface area (Å²) in [7, 11) is -3.26. The molecule has 21 heavy (non-hydrogen) atoms. The molecule has 114 valence electrons. The van der Waals surface area contributed by atoms with Crippen molar-refractivity contribution in [2.45, 2.75) is 10.9 Å². The molecule has 1 aromatic rings. The Hall–Kier alpha value is -1.96. The van der Waals surface area contributed by atoms with Crippen molar-refractivity contribution in [3.63, 3.8) is 0 Å². The van der Waals surface area contributed by atoms with Gasteiger partial charge in [0.25, 0.3) is 0 Å². The van der Waals surface area contributed by atoms with Crippen molar-refractivity contribution in [2.75, 3.05) is 43.1 Å². The molecule has 0 radical (unpaired) electrons. The number of nitrogens with zero attached hydrogens (tertiary/aromatic N) is 2. The number of piperazine rings is 1. The number of benzene rings is 1. The van der Waals surface area contributed by atoms with Crippen LogP contribution in [-0.2, 0) is 9.84 Å². The number of nitrogens with two attached hydrogens (primary N) is 1. The predicted octanol–water partition coefficient (Wildman–Crippen LogP) is -0.114. The molecule has 7 nitrogen and oxygen atoms in total. The van der Waals surface area contributed by atoms with Crippen LogP contribution >= 0.6 is 0 Å². The SMILES string of the molecule is CS(=O)(=O)c1ccc(N2CCN3C(=O)NCC3C2)c(N)c1. The van der Waals surface area contributed by atoms with E-state index in [-0.39, 0.29) is 17.0 Å². The first-order valence-electron chi connectivity index (χ1n) is 6.75. The largest absolute Gasteiger partial charge is 0.397 e. The van der Waals surface area contributed by atoms with Crippen molar-refractivity contribution >= 4 is 27.2 Å². The Morgan fingerprint density at radius 2 is 2.10 bits per heavy atom. The highest BCUT2D eigenvalue weighted by molar-refractivity contribution is 7.90. The third kappa shape index (κ3) is 2.51. The smallest absolute Gasteiger partial charge is 0.317 e. The lowest BCUT2D eigenvalue weighted by Gasteiger charge is -2.38. The van der Waals surface area contributed by atoms with Crippen LogP contribution in [0.1, 0.15) is 0 Å². The molecule has 2 aliphatic heterocycles. The third-order valence-electron chi connectivity index (χ3n) is 4.00. The molecule has 2 fully saturated rings. The summed E-state index contributed by atoms with van der Waals surface area (Å²) in [5.41, 5.74) is 7.28. The molecule has 0 spiro atoms. The van der Waals surface area contributed by atoms with Crippen molar-refractivity contribution in [2.24, 2.45) is 0 Å². The van der Waals surface area contributed by atoms with Gasteiger partial charge in [-0.25, -0.2) is 13.2 Å². The van der Waals surface area contributed by atoms with Crippen LogP contribution in [0.15, 0.2) is 23.1 Å². The summed E-state index contributed by atoms with van der Waals surface area (Å²) in [6.07, 6.45) is 1.16. The van der Waals surface area contributed by atoms with Crippen LogP contribution in [0.4, 0.5) is 16.2 Å². The molecule has 2 amide bonds. The van der Waals surface area contributed by atoms with Crippen LogP contribution < -0.4 is 16.0 Å². The first-order chi connectivity index (χ1) is 9.86. The Kier molecular flexibility index (Phi) is 3.20. The lowest BCUT2D eigenvalue weighted by Crippen LogP contribution is -2.52. The lowest BCUT2D eigenvalue weighted by molar-refractivity contribution is 0.198. The number of nitrogens with one attached hydrogen (secondary N) is 1. The average Bonchev–Trinajstić information content (AvgIpc) is 2.79. The van der Waals surface area contributed by atoms with E-state index in [1.54, 1.807) is 12.1 Å². The Morgan fingerprint density at radius 1 is 1.33 bits per heavy atom. The molecular weight excluding hydrogens is 292 g/mol. The number of rotatable bonds is 2. The van der Waals surface area contributed by atoms with Gasteiger partial charge >= 0.3 is 6.03 Å². The van der Waals surface area contributed by atoms with Crippen molar-refractivity contribution in [3.05, 3.63) is 18.2 Å². The highest BCUT2D eigenvalue weighted by Crippen LogP contribution is 2.29. The molecule has 0 aromatic heterocycles. The van der Waals surface area contributed by atoms with Crippen molar-refractivity contribution in [3.8, 4) is 0 Å². The lowest BCUT2D eigenvalue weighted by atomic mass is 10.1. The Balaban J connectivity index is 1.84. The van der Waals surface area contributed by atoms with Crippen LogP contribution in [0.2, 0.25) is 0 Å². The van der Waals surface area contributed by atoms with E-state index in [4.69, 9.17) is 5.73 Å². The van der Waals surface area contributed by atoms with Gasteiger partial charge in [-0.2, -0.15) is 0 Å². The number of carbonyl (C=O) groups is 1. The fourth-order valence-electron chi connectivity index (χ4n) is 2.87. The highest BCUT2D eigenvalue weighted by Gasteiger charge is 2.35. The molecule has 2 aliphatic rings. The molecule has 1 unspecified atom stereocenters. The quantitative estimate of drug-likeness (QED) is 0.743. The number of hydrogen-bond acceptors (Lipinski definition) is 5. The van der Waals surface area contributed by atoms with E-state index in [1.807, 2.05) is 4.90 Å². The monoisotopic (exact) mass is 310 g/mol. The highest BCUT2D eigenvalue weighted by atomic mass is 32.2. The minimum absolute atomic E-state index is 0.0138. The molecule has 2 heterocycles. The molecule has 0 saturated carbocycles. The first kappa shape index (κ1) is 14.0. The predicted molar refractivity (Wildman–Crippen MR) is 80.1 cm³/mol. The summed E-state index contributed by atoms with van der Waals surface area (Å²) < 4.78 is 23.1. The van der Waals surface area contributed by atoms with Crippen LogP contribution in [0, 0.1) is 0 Å². The molecule has 1 atom stereocenters. The van der Waals surface area contributed by atoms with Crippen molar-refractivity contribution in [1.82, 2.24) is 10.2 Å². The molecule has 0 bridgehead atoms. The second kappa shape index (κ2) is 4.80. The van der Waals surface area contributed by atoms with Gasteiger partial charge in [0.05, 0.1) is 22.3 Å². The van der Waals surface area contributed by atoms with Crippen LogP contribution in [-0.4, -0.2) is 57.8 Å². The first-order valence-corrected chi connectivity index (χ1v) is 8.64. The molecule has 3 N–H and O–H groups in total. The fraction of sp³-hybridized carbons (Fsp3) is 0.462. The number of fused-ring (bicyclic) bond motifs is 1. The van der Waals surface area contributed by atoms with E-state index >= 15 is 0 Å². The van der Waals surface area contributed by atoms with Gasteiger partial charge in [0.1, 0.15) is 0 Å². The van der Waals surface area contributed by atoms with Crippen LogP contribution in [0.3, 0.4) is 0 Å². The molecule has 2 saturated heterocycles. The van der Waals surface area contributed by atoms with E-state index in [0.717, 1.165) is 11.9 Å². The topological polar surface area (TPSA) is 95.7 Å². The maximum absolute atomic E-state index is 11.6. The van der Waals surface area contributed by atoms with Gasteiger partial charge in [-0.3, -0.25) is 0 Å². The number of carbonyl (C=O) groups excluding carboxylic acids is 1. The Morgan fingerprint density at radius 3 is 2.76 bits per heavy atom. The summed E-state index contributed by atoms with van der Waals surface area (Å²) in [5.74, 6) is 0. The summed E-state index contributed by atoms with van der Waals surface area (Å²) in [6, 6.07) is 4.94. The van der Waals surface area contributed by atoms with Gasteiger partial charge in [0.15, 0.2) is 9.84 Å². The molecule has 1 aromatic carbocycles. The molecule has 3 rings (SSSR count). The number of sulfone groups is 1.